The lowest BCUT2D eigenvalue weighted by molar-refractivity contribution is -0.137. The molecule has 1 heterocycles. The van der Waals surface area contributed by atoms with E-state index in [1.54, 1.807) is 0 Å². The van der Waals surface area contributed by atoms with E-state index < -0.39 is 18.1 Å². The van der Waals surface area contributed by atoms with Gasteiger partial charge < -0.3 is 5.11 Å². The van der Waals surface area contributed by atoms with Crippen molar-refractivity contribution in [3.63, 3.8) is 0 Å². The van der Waals surface area contributed by atoms with Crippen molar-refractivity contribution >= 4 is 17.6 Å². The highest BCUT2D eigenvalue weighted by atomic mass is 35.5. The van der Waals surface area contributed by atoms with Crippen LogP contribution in [0.4, 0.5) is 8.78 Å². The van der Waals surface area contributed by atoms with Crippen LogP contribution in [0.5, 0.6) is 0 Å². The lowest BCUT2D eigenvalue weighted by Crippen LogP contribution is -2.09. The fraction of sp³-hybridized carbons (Fsp3) is 0.500. The Morgan fingerprint density at radius 1 is 1.67 bits per heavy atom. The van der Waals surface area contributed by atoms with Gasteiger partial charge >= 0.3 is 5.97 Å². The number of carboxylic acid groups (broad SMARTS) is 1. The van der Waals surface area contributed by atoms with Crippen LogP contribution in [0.15, 0.2) is 0 Å². The number of alkyl halides is 2. The highest BCUT2D eigenvalue weighted by Gasteiger charge is 2.21. The van der Waals surface area contributed by atoms with Crippen molar-refractivity contribution in [2.24, 2.45) is 0 Å². The maximum atomic E-state index is 12.5. The fourth-order valence-corrected chi connectivity index (χ4v) is 1.38. The number of nitrogens with zero attached hydrogens (tertiary/aromatic N) is 2. The average Bonchev–Trinajstić information content (AvgIpc) is 2.39. The van der Waals surface area contributed by atoms with E-state index in [2.05, 4.69) is 5.10 Å². The lowest BCUT2D eigenvalue weighted by Gasteiger charge is -2.04. The molecule has 0 aromatic carbocycles. The molecule has 0 bridgehead atoms. The van der Waals surface area contributed by atoms with E-state index in [0.717, 1.165) is 4.68 Å². The molecule has 4 nitrogen and oxygen atoms in total. The Balaban J connectivity index is 2.96. The molecule has 15 heavy (non-hydrogen) atoms. The van der Waals surface area contributed by atoms with Gasteiger partial charge in [-0.3, -0.25) is 9.48 Å². The summed E-state index contributed by atoms with van der Waals surface area (Å²) in [5.74, 6) is -1.07. The Labute approximate surface area is 89.5 Å². The van der Waals surface area contributed by atoms with Crippen molar-refractivity contribution in [3.8, 4) is 0 Å². The summed E-state index contributed by atoms with van der Waals surface area (Å²) in [6.07, 6.45) is -3.02. The second-order valence-corrected chi connectivity index (χ2v) is 3.33. The Morgan fingerprint density at radius 2 is 2.27 bits per heavy atom. The van der Waals surface area contributed by atoms with Gasteiger partial charge in [-0.1, -0.05) is 11.6 Å². The number of halogens is 3. The summed E-state index contributed by atoms with van der Waals surface area (Å²) in [4.78, 5) is 10.3. The molecular weight excluding hydrogens is 230 g/mol. The maximum absolute atomic E-state index is 12.5. The fourth-order valence-electron chi connectivity index (χ4n) is 1.16. The molecule has 1 aromatic rings. The van der Waals surface area contributed by atoms with Crippen molar-refractivity contribution in [3.05, 3.63) is 16.4 Å². The topological polar surface area (TPSA) is 55.1 Å². The van der Waals surface area contributed by atoms with Crippen LogP contribution in [-0.4, -0.2) is 20.9 Å². The van der Waals surface area contributed by atoms with Gasteiger partial charge in [-0.05, 0) is 6.92 Å². The summed E-state index contributed by atoms with van der Waals surface area (Å²) in [5, 5.41) is 12.1. The maximum Gasteiger partial charge on any atom is 0.305 e. The molecule has 0 amide bonds. The normalized spacial score (nSPS) is 11.0. The van der Waals surface area contributed by atoms with Gasteiger partial charge in [0.25, 0.3) is 6.43 Å². The quantitative estimate of drug-likeness (QED) is 0.875. The minimum absolute atomic E-state index is 0.101. The molecule has 0 spiro atoms. The molecule has 1 rings (SSSR count). The van der Waals surface area contributed by atoms with Gasteiger partial charge in [0.1, 0.15) is 5.69 Å². The van der Waals surface area contributed by atoms with Crippen molar-refractivity contribution in [2.45, 2.75) is 26.3 Å². The van der Waals surface area contributed by atoms with E-state index in [1.807, 2.05) is 0 Å². The summed E-state index contributed by atoms with van der Waals surface area (Å²) in [6.45, 7) is 1.38. The van der Waals surface area contributed by atoms with E-state index in [1.165, 1.54) is 6.92 Å². The number of hydrogen-bond acceptors (Lipinski definition) is 2. The Bertz CT molecular complexity index is 379. The number of hydrogen-bond donors (Lipinski definition) is 1. The number of carboxylic acids is 1. The molecule has 0 aliphatic carbocycles. The molecule has 0 aliphatic heterocycles. The SMILES string of the molecule is Cc1nn(CCC(=O)O)c(C(F)F)c1Cl. The van der Waals surface area contributed by atoms with Gasteiger partial charge in [0.2, 0.25) is 0 Å². The van der Waals surface area contributed by atoms with E-state index in [-0.39, 0.29) is 23.7 Å². The van der Waals surface area contributed by atoms with Gasteiger partial charge in [-0.25, -0.2) is 8.78 Å². The third kappa shape index (κ3) is 2.65. The summed E-state index contributed by atoms with van der Waals surface area (Å²) < 4.78 is 26.0. The number of carbonyl (C=O) groups is 1. The van der Waals surface area contributed by atoms with Crippen LogP contribution in [-0.2, 0) is 11.3 Å². The van der Waals surface area contributed by atoms with E-state index in [9.17, 15) is 13.6 Å². The predicted molar refractivity (Wildman–Crippen MR) is 49.2 cm³/mol. The van der Waals surface area contributed by atoms with Crippen LogP contribution in [0.25, 0.3) is 0 Å². The highest BCUT2D eigenvalue weighted by Crippen LogP contribution is 2.29. The molecule has 1 N–H and O–H groups in total. The van der Waals surface area contributed by atoms with Crippen LogP contribution in [0.2, 0.25) is 5.02 Å². The summed E-state index contributed by atoms with van der Waals surface area (Å²) in [7, 11) is 0. The first kappa shape index (κ1) is 11.9. The average molecular weight is 239 g/mol. The molecule has 0 saturated heterocycles. The van der Waals surface area contributed by atoms with Crippen molar-refractivity contribution in [1.82, 2.24) is 9.78 Å². The van der Waals surface area contributed by atoms with Gasteiger partial charge in [-0.15, -0.1) is 0 Å². The molecule has 0 atom stereocenters. The monoisotopic (exact) mass is 238 g/mol. The molecule has 0 unspecified atom stereocenters. The summed E-state index contributed by atoms with van der Waals surface area (Å²) in [5.41, 5.74) is -0.146. The van der Waals surface area contributed by atoms with Crippen LogP contribution in [0.1, 0.15) is 24.2 Å². The first-order valence-corrected chi connectivity index (χ1v) is 4.54. The molecular formula is C8H9ClF2N2O2. The predicted octanol–water partition coefficient (Wildman–Crippen LogP) is 2.26. The zero-order valence-corrected chi connectivity index (χ0v) is 8.63. The molecule has 7 heteroatoms. The summed E-state index contributed by atoms with van der Waals surface area (Å²) >= 11 is 5.61. The molecule has 1 aromatic heterocycles. The van der Waals surface area contributed by atoms with Crippen LogP contribution < -0.4 is 0 Å². The van der Waals surface area contributed by atoms with Gasteiger partial charge in [0.15, 0.2) is 0 Å². The minimum atomic E-state index is -2.76. The van der Waals surface area contributed by atoms with Crippen LogP contribution in [0, 0.1) is 6.92 Å². The number of aliphatic carboxylic acids is 1. The first-order valence-electron chi connectivity index (χ1n) is 4.16. The number of rotatable bonds is 4. The number of aryl methyl sites for hydroxylation is 2. The smallest absolute Gasteiger partial charge is 0.305 e. The van der Waals surface area contributed by atoms with Gasteiger partial charge in [0, 0.05) is 0 Å². The molecule has 0 saturated carbocycles. The molecule has 0 aliphatic rings. The standard InChI is InChI=1S/C8H9ClF2N2O2/c1-4-6(9)7(8(10)11)13(12-4)3-2-5(14)15/h8H,2-3H2,1H3,(H,14,15). The first-order chi connectivity index (χ1) is 6.93. The zero-order chi connectivity index (χ0) is 11.6. The van der Waals surface area contributed by atoms with E-state index in [4.69, 9.17) is 16.7 Å². The third-order valence-corrected chi connectivity index (χ3v) is 2.30. The van der Waals surface area contributed by atoms with Crippen molar-refractivity contribution in [2.75, 3.05) is 0 Å². The largest absolute Gasteiger partial charge is 0.481 e. The number of aromatic nitrogens is 2. The van der Waals surface area contributed by atoms with E-state index in [0.29, 0.717) is 0 Å². The Kier molecular flexibility index (Phi) is 3.62. The van der Waals surface area contributed by atoms with Gasteiger partial charge in [0.05, 0.1) is 23.7 Å². The Morgan fingerprint density at radius 3 is 2.73 bits per heavy atom. The van der Waals surface area contributed by atoms with E-state index >= 15 is 0 Å². The molecule has 0 radical (unpaired) electrons. The van der Waals surface area contributed by atoms with Gasteiger partial charge in [-0.2, -0.15) is 5.10 Å². The Hall–Kier alpha value is -1.17. The second kappa shape index (κ2) is 4.57. The molecule has 0 fully saturated rings. The molecule has 84 valence electrons. The lowest BCUT2D eigenvalue weighted by atomic mass is 10.3. The van der Waals surface area contributed by atoms with Crippen molar-refractivity contribution < 1.29 is 18.7 Å². The van der Waals surface area contributed by atoms with Crippen LogP contribution >= 0.6 is 11.6 Å². The highest BCUT2D eigenvalue weighted by molar-refractivity contribution is 6.31. The van der Waals surface area contributed by atoms with Crippen LogP contribution in [0.3, 0.4) is 0 Å². The summed E-state index contributed by atoms with van der Waals surface area (Å²) in [6, 6.07) is 0. The van der Waals surface area contributed by atoms with Crippen molar-refractivity contribution in [1.29, 1.82) is 0 Å². The second-order valence-electron chi connectivity index (χ2n) is 2.95. The third-order valence-electron chi connectivity index (χ3n) is 1.84. The minimum Gasteiger partial charge on any atom is -0.481 e. The zero-order valence-electron chi connectivity index (χ0n) is 7.88.